The van der Waals surface area contributed by atoms with Crippen molar-refractivity contribution in [2.24, 2.45) is 16.8 Å². The lowest BCUT2D eigenvalue weighted by Gasteiger charge is -2.15. The van der Waals surface area contributed by atoms with Gasteiger partial charge in [-0.1, -0.05) is 41.3 Å². The van der Waals surface area contributed by atoms with Gasteiger partial charge in [0.1, 0.15) is 0 Å². The number of carbonyl (C=O) groups excluding carboxylic acids is 1. The first-order valence-electron chi connectivity index (χ1n) is 5.24. The first kappa shape index (κ1) is 13.0. The van der Waals surface area contributed by atoms with Crippen LogP contribution in [0.2, 0.25) is 10.0 Å². The molecule has 1 aromatic carbocycles. The van der Waals surface area contributed by atoms with Crippen LogP contribution in [-0.2, 0) is 4.84 Å². The highest BCUT2D eigenvalue weighted by atomic mass is 35.5. The maximum Gasteiger partial charge on any atom is 0.315 e. The van der Waals surface area contributed by atoms with Gasteiger partial charge in [-0.3, -0.25) is 0 Å². The van der Waals surface area contributed by atoms with E-state index in [9.17, 15) is 4.79 Å². The molecule has 2 rings (SSSR count). The molecule has 1 aliphatic rings. The van der Waals surface area contributed by atoms with Crippen molar-refractivity contribution in [3.05, 3.63) is 33.8 Å². The number of nitrogens with zero attached hydrogens (tertiary/aromatic N) is 1. The number of urea groups is 1. The molecule has 96 valence electrons. The third kappa shape index (κ3) is 2.37. The third-order valence-electron chi connectivity index (χ3n) is 2.65. The van der Waals surface area contributed by atoms with E-state index in [4.69, 9.17) is 33.8 Å². The van der Waals surface area contributed by atoms with Gasteiger partial charge in [0.15, 0.2) is 0 Å². The molecular formula is C11H11Cl2N3O2. The van der Waals surface area contributed by atoms with Crippen molar-refractivity contribution in [2.45, 2.75) is 13.2 Å². The smallest absolute Gasteiger partial charge is 0.315 e. The highest BCUT2D eigenvalue weighted by molar-refractivity contribution is 6.40. The number of primary amides is 1. The average Bonchev–Trinajstić information content (AvgIpc) is 2.61. The summed E-state index contributed by atoms with van der Waals surface area (Å²) in [5, 5.41) is 7.33. The minimum Gasteiger partial charge on any atom is -0.370 e. The zero-order valence-electron chi connectivity index (χ0n) is 9.48. The van der Waals surface area contributed by atoms with Crippen molar-refractivity contribution in [2.75, 3.05) is 0 Å². The van der Waals surface area contributed by atoms with Gasteiger partial charge < -0.3 is 15.9 Å². The van der Waals surface area contributed by atoms with Crippen LogP contribution in [-0.4, -0.2) is 18.0 Å². The van der Waals surface area contributed by atoms with Gasteiger partial charge in [0.05, 0.1) is 21.7 Å². The van der Waals surface area contributed by atoms with E-state index in [1.165, 1.54) is 0 Å². The lowest BCUT2D eigenvalue weighted by Crippen LogP contribution is -2.42. The Kier molecular flexibility index (Phi) is 3.63. The second-order valence-electron chi connectivity index (χ2n) is 3.90. The molecule has 7 heteroatoms. The van der Waals surface area contributed by atoms with Gasteiger partial charge in [-0.2, -0.15) is 0 Å². The summed E-state index contributed by atoms with van der Waals surface area (Å²) in [6.45, 7) is 1.84. The number of nitrogens with one attached hydrogen (secondary N) is 1. The molecule has 0 fully saturated rings. The van der Waals surface area contributed by atoms with Gasteiger partial charge in [0, 0.05) is 5.56 Å². The number of hydrogen-bond donors (Lipinski definition) is 2. The fourth-order valence-corrected chi connectivity index (χ4v) is 2.33. The predicted octanol–water partition coefficient (Wildman–Crippen LogP) is 2.36. The third-order valence-corrected chi connectivity index (χ3v) is 3.28. The van der Waals surface area contributed by atoms with Crippen LogP contribution in [0.3, 0.4) is 0 Å². The molecule has 2 amide bonds. The van der Waals surface area contributed by atoms with Gasteiger partial charge in [0.25, 0.3) is 0 Å². The van der Waals surface area contributed by atoms with Gasteiger partial charge in [-0.15, -0.1) is 0 Å². The highest BCUT2D eigenvalue weighted by Gasteiger charge is 2.34. The number of nitrogens with two attached hydrogens (primary N) is 1. The molecule has 1 heterocycles. The Morgan fingerprint density at radius 1 is 1.44 bits per heavy atom. The number of benzene rings is 1. The second kappa shape index (κ2) is 5.04. The zero-order chi connectivity index (χ0) is 13.3. The summed E-state index contributed by atoms with van der Waals surface area (Å²) in [6, 6.07) is 4.50. The molecule has 1 aromatic rings. The molecule has 3 N–H and O–H groups in total. The first-order valence-corrected chi connectivity index (χ1v) is 6.00. The molecule has 0 saturated heterocycles. The van der Waals surface area contributed by atoms with E-state index in [1.807, 2.05) is 6.92 Å². The van der Waals surface area contributed by atoms with Gasteiger partial charge >= 0.3 is 6.03 Å². The van der Waals surface area contributed by atoms with Gasteiger partial charge in [-0.05, 0) is 12.1 Å². The first-order chi connectivity index (χ1) is 8.50. The van der Waals surface area contributed by atoms with Gasteiger partial charge in [0.2, 0.25) is 6.23 Å². The van der Waals surface area contributed by atoms with Crippen LogP contribution in [0.15, 0.2) is 23.4 Å². The monoisotopic (exact) mass is 287 g/mol. The molecule has 0 radical (unpaired) electrons. The van der Waals surface area contributed by atoms with Crippen LogP contribution in [0.4, 0.5) is 4.79 Å². The maximum atomic E-state index is 10.8. The summed E-state index contributed by atoms with van der Waals surface area (Å²) in [6.07, 6.45) is -0.607. The standard InChI is InChI=1S/C11H11Cl2N3O2/c1-5-9(16-18-10(5)15-11(14)17)8-6(12)3-2-4-7(8)13/h2-5,10H,1H3,(H3,14,15,17)/t5-,10+/m1/s1. The summed E-state index contributed by atoms with van der Waals surface area (Å²) in [5.74, 6) is -0.199. The quantitative estimate of drug-likeness (QED) is 0.876. The number of rotatable bonds is 2. The largest absolute Gasteiger partial charge is 0.370 e. The fourth-order valence-electron chi connectivity index (χ4n) is 1.74. The molecule has 2 atom stereocenters. The van der Waals surface area contributed by atoms with E-state index in [0.717, 1.165) is 0 Å². The molecule has 18 heavy (non-hydrogen) atoms. The highest BCUT2D eigenvalue weighted by Crippen LogP contribution is 2.31. The number of hydrogen-bond acceptors (Lipinski definition) is 3. The van der Waals surface area contributed by atoms with E-state index in [-0.39, 0.29) is 5.92 Å². The summed E-state index contributed by atoms with van der Waals surface area (Å²) < 4.78 is 0. The molecule has 5 nitrogen and oxygen atoms in total. The van der Waals surface area contributed by atoms with Crippen molar-refractivity contribution >= 4 is 34.9 Å². The lowest BCUT2D eigenvalue weighted by molar-refractivity contribution is 0.0488. The number of halogens is 2. The predicted molar refractivity (Wildman–Crippen MR) is 69.8 cm³/mol. The minimum atomic E-state index is -0.673. The van der Waals surface area contributed by atoms with Crippen LogP contribution in [0, 0.1) is 5.92 Å². The van der Waals surface area contributed by atoms with Crippen LogP contribution in [0.1, 0.15) is 12.5 Å². The van der Waals surface area contributed by atoms with E-state index >= 15 is 0 Å². The topological polar surface area (TPSA) is 76.7 Å². The van der Waals surface area contributed by atoms with Crippen molar-refractivity contribution in [3.8, 4) is 0 Å². The molecule has 0 unspecified atom stereocenters. The van der Waals surface area contributed by atoms with Crippen molar-refractivity contribution in [1.29, 1.82) is 0 Å². The molecular weight excluding hydrogens is 277 g/mol. The molecule has 1 aliphatic heterocycles. The second-order valence-corrected chi connectivity index (χ2v) is 4.71. The van der Waals surface area contributed by atoms with E-state index in [0.29, 0.717) is 21.3 Å². The number of amides is 2. The zero-order valence-corrected chi connectivity index (χ0v) is 11.0. The lowest BCUT2D eigenvalue weighted by atomic mass is 9.97. The molecule has 0 saturated carbocycles. The van der Waals surface area contributed by atoms with Crippen molar-refractivity contribution in [3.63, 3.8) is 0 Å². The normalized spacial score (nSPS) is 22.3. The van der Waals surface area contributed by atoms with Crippen LogP contribution >= 0.6 is 23.2 Å². The molecule has 0 bridgehead atoms. The Hall–Kier alpha value is -1.46. The summed E-state index contributed by atoms with van der Waals surface area (Å²) in [7, 11) is 0. The number of oxime groups is 1. The average molecular weight is 288 g/mol. The summed E-state index contributed by atoms with van der Waals surface area (Å²) >= 11 is 12.2. The Morgan fingerprint density at radius 2 is 2.06 bits per heavy atom. The van der Waals surface area contributed by atoms with E-state index in [1.54, 1.807) is 18.2 Å². The van der Waals surface area contributed by atoms with Crippen LogP contribution < -0.4 is 11.1 Å². The van der Waals surface area contributed by atoms with Crippen LogP contribution in [0.25, 0.3) is 0 Å². The van der Waals surface area contributed by atoms with Gasteiger partial charge in [-0.25, -0.2) is 4.79 Å². The Morgan fingerprint density at radius 3 is 2.61 bits per heavy atom. The fraction of sp³-hybridized carbons (Fsp3) is 0.273. The van der Waals surface area contributed by atoms with Crippen molar-refractivity contribution in [1.82, 2.24) is 5.32 Å². The summed E-state index contributed by atoms with van der Waals surface area (Å²) in [5.41, 5.74) is 6.25. The van der Waals surface area contributed by atoms with Crippen LogP contribution in [0.5, 0.6) is 0 Å². The Bertz CT molecular complexity index is 499. The minimum absolute atomic E-state index is 0.199. The molecule has 0 spiro atoms. The molecule has 0 aromatic heterocycles. The Balaban J connectivity index is 2.28. The maximum absolute atomic E-state index is 10.8. The molecule has 0 aliphatic carbocycles. The van der Waals surface area contributed by atoms with E-state index in [2.05, 4.69) is 10.5 Å². The summed E-state index contributed by atoms with van der Waals surface area (Å²) in [4.78, 5) is 15.9. The van der Waals surface area contributed by atoms with Crippen molar-refractivity contribution < 1.29 is 9.63 Å². The Labute approximate surface area is 114 Å². The SMILES string of the molecule is C[C@@H]1C(c2c(Cl)cccc2Cl)=NO[C@@H]1NC(N)=O. The van der Waals surface area contributed by atoms with E-state index < -0.39 is 12.3 Å². The number of carbonyl (C=O) groups is 1.